The van der Waals surface area contributed by atoms with E-state index in [0.29, 0.717) is 0 Å². The summed E-state index contributed by atoms with van der Waals surface area (Å²) in [6.07, 6.45) is 2.67. The Labute approximate surface area is 124 Å². The SMILES string of the molecule is CC1CCN(CCOc2ccc(C(C)(C)C)cc2)CC1. The summed E-state index contributed by atoms with van der Waals surface area (Å²) >= 11 is 0. The second-order valence-electron chi connectivity index (χ2n) is 7.15. The average molecular weight is 275 g/mol. The maximum Gasteiger partial charge on any atom is 0.119 e. The highest BCUT2D eigenvalue weighted by Gasteiger charge is 2.15. The van der Waals surface area contributed by atoms with Crippen LogP contribution in [0.15, 0.2) is 24.3 Å². The van der Waals surface area contributed by atoms with Gasteiger partial charge < -0.3 is 4.74 Å². The van der Waals surface area contributed by atoms with Gasteiger partial charge in [0.15, 0.2) is 0 Å². The third kappa shape index (κ3) is 4.52. The Kier molecular flexibility index (Phi) is 5.09. The van der Waals surface area contributed by atoms with Crippen molar-refractivity contribution < 1.29 is 4.74 Å². The van der Waals surface area contributed by atoms with Gasteiger partial charge in [0.1, 0.15) is 12.4 Å². The van der Waals surface area contributed by atoms with Crippen molar-refractivity contribution in [1.82, 2.24) is 4.90 Å². The van der Waals surface area contributed by atoms with E-state index < -0.39 is 0 Å². The van der Waals surface area contributed by atoms with E-state index in [0.717, 1.165) is 24.8 Å². The molecular formula is C18H29NO. The molecule has 0 spiro atoms. The van der Waals surface area contributed by atoms with Crippen LogP contribution in [0.5, 0.6) is 5.75 Å². The maximum atomic E-state index is 5.86. The minimum atomic E-state index is 0.211. The molecule has 1 heterocycles. The van der Waals surface area contributed by atoms with E-state index in [9.17, 15) is 0 Å². The van der Waals surface area contributed by atoms with Crippen molar-refractivity contribution in [2.24, 2.45) is 5.92 Å². The first-order chi connectivity index (χ1) is 9.45. The van der Waals surface area contributed by atoms with Gasteiger partial charge in [-0.05, 0) is 55.0 Å². The van der Waals surface area contributed by atoms with E-state index in [2.05, 4.69) is 56.9 Å². The molecule has 1 aliphatic heterocycles. The second kappa shape index (κ2) is 6.62. The number of likely N-dealkylation sites (tertiary alicyclic amines) is 1. The lowest BCUT2D eigenvalue weighted by molar-refractivity contribution is 0.160. The standard InChI is InChI=1S/C18H29NO/c1-15-9-11-19(12-10-15)13-14-20-17-7-5-16(6-8-17)18(2,3)4/h5-8,15H,9-14H2,1-4H3. The quantitative estimate of drug-likeness (QED) is 0.820. The molecule has 0 atom stereocenters. The molecule has 1 fully saturated rings. The number of benzene rings is 1. The van der Waals surface area contributed by atoms with Gasteiger partial charge in [-0.3, -0.25) is 4.90 Å². The molecule has 1 saturated heterocycles. The normalized spacial score (nSPS) is 18.2. The van der Waals surface area contributed by atoms with Crippen LogP contribution in [-0.4, -0.2) is 31.1 Å². The number of piperidine rings is 1. The third-order valence-electron chi connectivity index (χ3n) is 4.27. The van der Waals surface area contributed by atoms with E-state index in [1.807, 2.05) is 0 Å². The summed E-state index contributed by atoms with van der Waals surface area (Å²) in [5.41, 5.74) is 1.57. The van der Waals surface area contributed by atoms with Gasteiger partial charge in [-0.2, -0.15) is 0 Å². The first kappa shape index (κ1) is 15.4. The first-order valence-corrected chi connectivity index (χ1v) is 7.91. The predicted molar refractivity (Wildman–Crippen MR) is 85.5 cm³/mol. The molecule has 2 heteroatoms. The summed E-state index contributed by atoms with van der Waals surface area (Å²) in [4.78, 5) is 2.52. The number of hydrogen-bond donors (Lipinski definition) is 0. The van der Waals surface area contributed by atoms with Crippen molar-refractivity contribution in [2.75, 3.05) is 26.2 Å². The number of nitrogens with zero attached hydrogens (tertiary/aromatic N) is 1. The summed E-state index contributed by atoms with van der Waals surface area (Å²) in [6, 6.07) is 8.55. The molecule has 0 radical (unpaired) electrons. The molecule has 2 nitrogen and oxygen atoms in total. The molecule has 112 valence electrons. The van der Waals surface area contributed by atoms with Crippen molar-refractivity contribution >= 4 is 0 Å². The van der Waals surface area contributed by atoms with Gasteiger partial charge in [-0.25, -0.2) is 0 Å². The van der Waals surface area contributed by atoms with Crippen LogP contribution in [0.4, 0.5) is 0 Å². The summed E-state index contributed by atoms with van der Waals surface area (Å²) in [5.74, 6) is 1.89. The molecule has 1 aliphatic rings. The van der Waals surface area contributed by atoms with Gasteiger partial charge in [0.2, 0.25) is 0 Å². The molecule has 1 aromatic carbocycles. The Morgan fingerprint density at radius 3 is 2.25 bits per heavy atom. The fourth-order valence-electron chi connectivity index (χ4n) is 2.63. The van der Waals surface area contributed by atoms with Gasteiger partial charge >= 0.3 is 0 Å². The van der Waals surface area contributed by atoms with Gasteiger partial charge in [0.25, 0.3) is 0 Å². The Morgan fingerprint density at radius 1 is 1.10 bits per heavy atom. The Morgan fingerprint density at radius 2 is 1.70 bits per heavy atom. The van der Waals surface area contributed by atoms with E-state index in [4.69, 9.17) is 4.74 Å². The van der Waals surface area contributed by atoms with Crippen LogP contribution in [0.3, 0.4) is 0 Å². The molecule has 0 bridgehead atoms. The molecular weight excluding hydrogens is 246 g/mol. The van der Waals surface area contributed by atoms with Gasteiger partial charge in [-0.15, -0.1) is 0 Å². The van der Waals surface area contributed by atoms with Crippen LogP contribution in [0.2, 0.25) is 0 Å². The maximum absolute atomic E-state index is 5.86. The first-order valence-electron chi connectivity index (χ1n) is 7.91. The second-order valence-corrected chi connectivity index (χ2v) is 7.15. The molecule has 0 unspecified atom stereocenters. The van der Waals surface area contributed by atoms with Gasteiger partial charge in [0.05, 0.1) is 0 Å². The smallest absolute Gasteiger partial charge is 0.119 e. The van der Waals surface area contributed by atoms with Gasteiger partial charge in [0, 0.05) is 6.54 Å². The lowest BCUT2D eigenvalue weighted by Crippen LogP contribution is -2.35. The third-order valence-corrected chi connectivity index (χ3v) is 4.27. The Bertz CT molecular complexity index is 396. The molecule has 20 heavy (non-hydrogen) atoms. The van der Waals surface area contributed by atoms with E-state index in [1.54, 1.807) is 0 Å². The van der Waals surface area contributed by atoms with E-state index >= 15 is 0 Å². The highest BCUT2D eigenvalue weighted by atomic mass is 16.5. The largest absolute Gasteiger partial charge is 0.492 e. The number of rotatable bonds is 4. The molecule has 0 aliphatic carbocycles. The van der Waals surface area contributed by atoms with Crippen LogP contribution in [0.25, 0.3) is 0 Å². The highest BCUT2D eigenvalue weighted by molar-refractivity contribution is 5.31. The molecule has 0 saturated carbocycles. The van der Waals surface area contributed by atoms with Crippen LogP contribution >= 0.6 is 0 Å². The minimum Gasteiger partial charge on any atom is -0.492 e. The minimum absolute atomic E-state index is 0.211. The van der Waals surface area contributed by atoms with Crippen molar-refractivity contribution in [3.8, 4) is 5.75 Å². The summed E-state index contributed by atoms with van der Waals surface area (Å²) in [6.45, 7) is 13.4. The summed E-state index contributed by atoms with van der Waals surface area (Å²) in [5, 5.41) is 0. The topological polar surface area (TPSA) is 12.5 Å². The zero-order valence-electron chi connectivity index (χ0n) is 13.5. The Balaban J connectivity index is 1.74. The van der Waals surface area contributed by atoms with Crippen molar-refractivity contribution in [3.63, 3.8) is 0 Å². The van der Waals surface area contributed by atoms with Crippen LogP contribution in [0.1, 0.15) is 46.1 Å². The zero-order valence-corrected chi connectivity index (χ0v) is 13.5. The summed E-state index contributed by atoms with van der Waals surface area (Å²) in [7, 11) is 0. The van der Waals surface area contributed by atoms with Crippen LogP contribution < -0.4 is 4.74 Å². The van der Waals surface area contributed by atoms with Crippen molar-refractivity contribution in [1.29, 1.82) is 0 Å². The number of ether oxygens (including phenoxy) is 1. The summed E-state index contributed by atoms with van der Waals surface area (Å²) < 4.78 is 5.86. The lowest BCUT2D eigenvalue weighted by Gasteiger charge is -2.29. The van der Waals surface area contributed by atoms with Crippen molar-refractivity contribution in [2.45, 2.75) is 46.0 Å². The molecule has 1 aromatic rings. The van der Waals surface area contributed by atoms with Gasteiger partial charge in [-0.1, -0.05) is 39.8 Å². The molecule has 0 N–H and O–H groups in total. The average Bonchev–Trinajstić information content (AvgIpc) is 2.41. The van der Waals surface area contributed by atoms with E-state index in [1.165, 1.54) is 31.5 Å². The zero-order chi connectivity index (χ0) is 14.6. The molecule has 2 rings (SSSR count). The van der Waals surface area contributed by atoms with E-state index in [-0.39, 0.29) is 5.41 Å². The predicted octanol–water partition coefficient (Wildman–Crippen LogP) is 4.09. The monoisotopic (exact) mass is 275 g/mol. The highest BCUT2D eigenvalue weighted by Crippen LogP contribution is 2.24. The van der Waals surface area contributed by atoms with Crippen molar-refractivity contribution in [3.05, 3.63) is 29.8 Å². The number of hydrogen-bond acceptors (Lipinski definition) is 2. The lowest BCUT2D eigenvalue weighted by atomic mass is 9.87. The Hall–Kier alpha value is -1.02. The fraction of sp³-hybridized carbons (Fsp3) is 0.667. The molecule has 0 amide bonds. The molecule has 0 aromatic heterocycles. The fourth-order valence-corrected chi connectivity index (χ4v) is 2.63. The van der Waals surface area contributed by atoms with Crippen LogP contribution in [-0.2, 0) is 5.41 Å². The van der Waals surface area contributed by atoms with Crippen LogP contribution in [0, 0.1) is 5.92 Å².